The third-order valence-electron chi connectivity index (χ3n) is 10.2. The molecule has 0 unspecified atom stereocenters. The monoisotopic (exact) mass is 667 g/mol. The molecule has 52 heavy (non-hydrogen) atoms. The van der Waals surface area contributed by atoms with E-state index in [1.165, 1.54) is 16.3 Å². The Morgan fingerprint density at radius 2 is 1.06 bits per heavy atom. The minimum absolute atomic E-state index is 0.611. The van der Waals surface area contributed by atoms with Crippen LogP contribution in [0.25, 0.3) is 82.8 Å². The lowest BCUT2D eigenvalue weighted by atomic mass is 10.1. The molecule has 3 aromatic heterocycles. The molecule has 0 aliphatic rings. The maximum absolute atomic E-state index is 6.42. The van der Waals surface area contributed by atoms with Gasteiger partial charge in [0.2, 0.25) is 5.89 Å². The Hall–Kier alpha value is -7.11. The molecular formula is C47H29N3O2. The van der Waals surface area contributed by atoms with Crippen LogP contribution in [0.15, 0.2) is 185 Å². The van der Waals surface area contributed by atoms with Crippen LogP contribution in [-0.2, 0) is 0 Å². The smallest absolute Gasteiger partial charge is 0.227 e. The maximum atomic E-state index is 6.42. The van der Waals surface area contributed by atoms with Crippen LogP contribution in [0.3, 0.4) is 0 Å². The number of benzene rings is 8. The Balaban J connectivity index is 1.17. The summed E-state index contributed by atoms with van der Waals surface area (Å²) in [5.74, 6) is 0.611. The van der Waals surface area contributed by atoms with Gasteiger partial charge >= 0.3 is 0 Å². The Morgan fingerprint density at radius 1 is 0.423 bits per heavy atom. The van der Waals surface area contributed by atoms with Crippen LogP contribution in [0.2, 0.25) is 0 Å². The number of nitrogens with zero attached hydrogens (tertiary/aromatic N) is 3. The van der Waals surface area contributed by atoms with Gasteiger partial charge in [-0.1, -0.05) is 91.0 Å². The molecule has 0 bridgehead atoms. The predicted octanol–water partition coefficient (Wildman–Crippen LogP) is 13.1. The van der Waals surface area contributed by atoms with Gasteiger partial charge in [0.05, 0.1) is 11.0 Å². The highest BCUT2D eigenvalue weighted by Crippen LogP contribution is 2.43. The van der Waals surface area contributed by atoms with E-state index in [0.29, 0.717) is 5.89 Å². The van der Waals surface area contributed by atoms with Gasteiger partial charge in [-0.15, -0.1) is 0 Å². The Labute approximate surface area is 298 Å². The zero-order valence-corrected chi connectivity index (χ0v) is 27.9. The fourth-order valence-corrected chi connectivity index (χ4v) is 7.80. The average Bonchev–Trinajstić information content (AvgIpc) is 3.90. The van der Waals surface area contributed by atoms with E-state index in [-0.39, 0.29) is 0 Å². The SMILES string of the molecule is c1ccc(-c2nc3c(ccc4ccc(N(c5ccc6c(c5)oc5ccccc56)c5ccc6c7ccccc7n(-c7ccccc7)c6c5)cc43)o2)cc1. The standard InChI is InChI=1S/C47H29N3O2/c1-3-11-31(12-4-1)47-48-46-40-27-33(21-19-30(40)20-26-44(46)52-47)49(35-23-25-39-38-16-8-10-18-43(38)51-45(39)29-35)34-22-24-37-36-15-7-9-17-41(36)50(42(37)28-34)32-13-5-2-6-14-32/h1-29H. The molecule has 0 N–H and O–H groups in total. The van der Waals surface area contributed by atoms with Crippen LogP contribution in [0.1, 0.15) is 0 Å². The molecule has 244 valence electrons. The van der Waals surface area contributed by atoms with E-state index >= 15 is 0 Å². The molecule has 0 spiro atoms. The highest BCUT2D eigenvalue weighted by molar-refractivity contribution is 6.11. The third-order valence-corrected chi connectivity index (χ3v) is 10.2. The molecule has 0 radical (unpaired) electrons. The van der Waals surface area contributed by atoms with E-state index in [1.807, 2.05) is 48.5 Å². The van der Waals surface area contributed by atoms with E-state index in [4.69, 9.17) is 13.8 Å². The lowest BCUT2D eigenvalue weighted by molar-refractivity contribution is 0.620. The molecule has 8 aromatic carbocycles. The Morgan fingerprint density at radius 3 is 1.92 bits per heavy atom. The number of aromatic nitrogens is 2. The van der Waals surface area contributed by atoms with Crippen LogP contribution in [0, 0.1) is 0 Å². The van der Waals surface area contributed by atoms with Gasteiger partial charge in [-0.3, -0.25) is 0 Å². The summed E-state index contributed by atoms with van der Waals surface area (Å²) in [6.45, 7) is 0. The highest BCUT2D eigenvalue weighted by atomic mass is 16.3. The molecule has 0 aliphatic heterocycles. The molecule has 0 amide bonds. The van der Waals surface area contributed by atoms with Crippen molar-refractivity contribution in [3.8, 4) is 17.1 Å². The summed E-state index contributed by atoms with van der Waals surface area (Å²) in [4.78, 5) is 7.34. The zero-order valence-electron chi connectivity index (χ0n) is 27.9. The predicted molar refractivity (Wildman–Crippen MR) is 213 cm³/mol. The van der Waals surface area contributed by atoms with Crippen molar-refractivity contribution in [2.24, 2.45) is 0 Å². The number of anilines is 3. The van der Waals surface area contributed by atoms with Crippen LogP contribution in [0.5, 0.6) is 0 Å². The fraction of sp³-hybridized carbons (Fsp3) is 0. The summed E-state index contributed by atoms with van der Waals surface area (Å²) in [6.07, 6.45) is 0. The zero-order chi connectivity index (χ0) is 34.2. The molecule has 11 rings (SSSR count). The second-order valence-corrected chi connectivity index (χ2v) is 13.2. The summed E-state index contributed by atoms with van der Waals surface area (Å²) in [6, 6.07) is 61.5. The first-order chi connectivity index (χ1) is 25.8. The average molecular weight is 668 g/mol. The minimum atomic E-state index is 0.611. The second-order valence-electron chi connectivity index (χ2n) is 13.2. The quantitative estimate of drug-likeness (QED) is 0.183. The van der Waals surface area contributed by atoms with Crippen LogP contribution >= 0.6 is 0 Å². The number of para-hydroxylation sites is 3. The van der Waals surface area contributed by atoms with Gasteiger partial charge in [0.25, 0.3) is 0 Å². The summed E-state index contributed by atoms with van der Waals surface area (Å²) < 4.78 is 15.1. The van der Waals surface area contributed by atoms with Gasteiger partial charge in [-0.2, -0.15) is 0 Å². The van der Waals surface area contributed by atoms with E-state index in [0.717, 1.165) is 77.6 Å². The van der Waals surface area contributed by atoms with Crippen molar-refractivity contribution in [1.29, 1.82) is 0 Å². The fourth-order valence-electron chi connectivity index (χ4n) is 7.80. The molecule has 5 heteroatoms. The molecule has 0 atom stereocenters. The summed E-state index contributed by atoms with van der Waals surface area (Å²) in [5, 5.41) is 6.74. The van der Waals surface area contributed by atoms with Crippen LogP contribution in [0.4, 0.5) is 17.1 Å². The van der Waals surface area contributed by atoms with Crippen molar-refractivity contribution in [3.63, 3.8) is 0 Å². The minimum Gasteiger partial charge on any atom is -0.456 e. The first kappa shape index (κ1) is 28.7. The van der Waals surface area contributed by atoms with Gasteiger partial charge in [-0.25, -0.2) is 4.98 Å². The number of fused-ring (bicyclic) bond motifs is 9. The molecule has 0 aliphatic carbocycles. The van der Waals surface area contributed by atoms with Gasteiger partial charge in [0.1, 0.15) is 16.7 Å². The van der Waals surface area contributed by atoms with E-state index in [2.05, 4.69) is 137 Å². The lowest BCUT2D eigenvalue weighted by Crippen LogP contribution is -2.10. The molecule has 0 saturated heterocycles. The second kappa shape index (κ2) is 11.2. The van der Waals surface area contributed by atoms with Crippen molar-refractivity contribution in [2.45, 2.75) is 0 Å². The Kier molecular flexibility index (Phi) is 6.18. The first-order valence-electron chi connectivity index (χ1n) is 17.5. The van der Waals surface area contributed by atoms with Crippen LogP contribution in [-0.4, -0.2) is 9.55 Å². The van der Waals surface area contributed by atoms with Gasteiger partial charge in [0, 0.05) is 61.3 Å². The highest BCUT2D eigenvalue weighted by Gasteiger charge is 2.20. The lowest BCUT2D eigenvalue weighted by Gasteiger charge is -2.26. The van der Waals surface area contributed by atoms with Gasteiger partial charge < -0.3 is 18.3 Å². The molecule has 3 heterocycles. The number of furan rings is 1. The van der Waals surface area contributed by atoms with Crippen LogP contribution < -0.4 is 4.90 Å². The normalized spacial score (nSPS) is 11.8. The molecule has 0 fully saturated rings. The summed E-state index contributed by atoms with van der Waals surface area (Å²) in [7, 11) is 0. The number of oxazole rings is 1. The molecule has 0 saturated carbocycles. The third kappa shape index (κ3) is 4.39. The topological polar surface area (TPSA) is 47.3 Å². The van der Waals surface area contributed by atoms with Crippen molar-refractivity contribution < 1.29 is 8.83 Å². The summed E-state index contributed by atoms with van der Waals surface area (Å²) >= 11 is 0. The van der Waals surface area contributed by atoms with Crippen molar-refractivity contribution in [2.75, 3.05) is 4.90 Å². The largest absolute Gasteiger partial charge is 0.456 e. The van der Waals surface area contributed by atoms with Crippen molar-refractivity contribution in [3.05, 3.63) is 176 Å². The maximum Gasteiger partial charge on any atom is 0.227 e. The van der Waals surface area contributed by atoms with E-state index < -0.39 is 0 Å². The summed E-state index contributed by atoms with van der Waals surface area (Å²) in [5.41, 5.74) is 10.7. The van der Waals surface area contributed by atoms with Gasteiger partial charge in [0.15, 0.2) is 5.58 Å². The van der Waals surface area contributed by atoms with Gasteiger partial charge in [-0.05, 0) is 84.2 Å². The number of rotatable bonds is 5. The van der Waals surface area contributed by atoms with Crippen molar-refractivity contribution in [1.82, 2.24) is 9.55 Å². The molecular weight excluding hydrogens is 639 g/mol. The number of hydrogen-bond acceptors (Lipinski definition) is 4. The van der Waals surface area contributed by atoms with E-state index in [1.54, 1.807) is 0 Å². The van der Waals surface area contributed by atoms with Crippen molar-refractivity contribution >= 4 is 82.7 Å². The molecule has 5 nitrogen and oxygen atoms in total. The first-order valence-corrected chi connectivity index (χ1v) is 17.5. The Bertz CT molecular complexity index is 3140. The molecule has 11 aromatic rings. The van der Waals surface area contributed by atoms with E-state index in [9.17, 15) is 0 Å². The number of hydrogen-bond donors (Lipinski definition) is 0.